The molecule has 1 unspecified atom stereocenters. The van der Waals surface area contributed by atoms with E-state index in [1.165, 1.54) is 0 Å². The predicted octanol–water partition coefficient (Wildman–Crippen LogP) is -1.31. The van der Waals surface area contributed by atoms with Crippen molar-refractivity contribution >= 4 is 10.2 Å². The summed E-state index contributed by atoms with van der Waals surface area (Å²) in [5.41, 5.74) is 0. The van der Waals surface area contributed by atoms with Crippen LogP contribution in [-0.2, 0) is 14.9 Å². The molecule has 1 atom stereocenters. The van der Waals surface area contributed by atoms with Gasteiger partial charge in [0.25, 0.3) is 10.2 Å². The van der Waals surface area contributed by atoms with Crippen molar-refractivity contribution in [3.63, 3.8) is 0 Å². The zero-order chi connectivity index (χ0) is 14.4. The zero-order valence-corrected chi connectivity index (χ0v) is 13.0. The molecular formula is C12H26N4O3S. The van der Waals surface area contributed by atoms with E-state index >= 15 is 0 Å². The molecule has 0 aromatic carbocycles. The smallest absolute Gasteiger partial charge is 0.279 e. The Hall–Kier alpha value is -0.250. The molecule has 8 heteroatoms. The van der Waals surface area contributed by atoms with Crippen LogP contribution in [-0.4, -0.2) is 83.2 Å². The van der Waals surface area contributed by atoms with Crippen LogP contribution in [0.5, 0.6) is 0 Å². The van der Waals surface area contributed by atoms with Crippen LogP contribution >= 0.6 is 0 Å². The Balaban J connectivity index is 1.78. The summed E-state index contributed by atoms with van der Waals surface area (Å²) >= 11 is 0. The Morgan fingerprint density at radius 2 is 2.05 bits per heavy atom. The number of likely N-dealkylation sites (N-methyl/N-ethyl adjacent to an activating group) is 1. The van der Waals surface area contributed by atoms with Crippen LogP contribution in [0.2, 0.25) is 0 Å². The summed E-state index contributed by atoms with van der Waals surface area (Å²) in [4.78, 5) is 2.26. The Labute approximate surface area is 121 Å². The maximum absolute atomic E-state index is 12.2. The van der Waals surface area contributed by atoms with Crippen LogP contribution in [0, 0.1) is 5.92 Å². The molecule has 0 spiro atoms. The van der Waals surface area contributed by atoms with Crippen molar-refractivity contribution in [1.29, 1.82) is 0 Å². The van der Waals surface area contributed by atoms with E-state index in [-0.39, 0.29) is 5.92 Å². The normalized spacial score (nSPS) is 27.4. The van der Waals surface area contributed by atoms with Crippen LogP contribution in [0.4, 0.5) is 0 Å². The summed E-state index contributed by atoms with van der Waals surface area (Å²) in [5.74, 6) is 0.198. The summed E-state index contributed by atoms with van der Waals surface area (Å²) in [6, 6.07) is 0. The molecule has 0 amide bonds. The van der Waals surface area contributed by atoms with Crippen LogP contribution in [0.3, 0.4) is 0 Å². The summed E-state index contributed by atoms with van der Waals surface area (Å²) in [6.45, 7) is 9.22. The third-order valence-corrected chi connectivity index (χ3v) is 5.46. The number of nitrogens with zero attached hydrogens (tertiary/aromatic N) is 2. The van der Waals surface area contributed by atoms with Crippen molar-refractivity contribution in [2.45, 2.75) is 6.92 Å². The van der Waals surface area contributed by atoms with E-state index in [0.717, 1.165) is 32.7 Å². The zero-order valence-electron chi connectivity index (χ0n) is 12.2. The molecule has 2 saturated heterocycles. The summed E-state index contributed by atoms with van der Waals surface area (Å²) in [5, 5.41) is 3.25. The lowest BCUT2D eigenvalue weighted by atomic mass is 10.2. The van der Waals surface area contributed by atoms with Crippen molar-refractivity contribution < 1.29 is 13.2 Å². The van der Waals surface area contributed by atoms with Crippen LogP contribution in [0.25, 0.3) is 0 Å². The van der Waals surface area contributed by atoms with Gasteiger partial charge in [0, 0.05) is 51.7 Å². The van der Waals surface area contributed by atoms with E-state index in [9.17, 15) is 8.42 Å². The highest BCUT2D eigenvalue weighted by Gasteiger charge is 2.26. The second-order valence-electron chi connectivity index (χ2n) is 5.33. The van der Waals surface area contributed by atoms with Gasteiger partial charge in [-0.2, -0.15) is 12.7 Å². The second-order valence-corrected chi connectivity index (χ2v) is 7.09. The Morgan fingerprint density at radius 3 is 2.75 bits per heavy atom. The fraction of sp³-hybridized carbons (Fsp3) is 1.00. The molecule has 7 nitrogen and oxygen atoms in total. The highest BCUT2D eigenvalue weighted by Crippen LogP contribution is 2.07. The van der Waals surface area contributed by atoms with Crippen LogP contribution < -0.4 is 10.0 Å². The molecule has 0 aromatic rings. The van der Waals surface area contributed by atoms with E-state index < -0.39 is 10.2 Å². The summed E-state index contributed by atoms with van der Waals surface area (Å²) < 4.78 is 34.2. The Kier molecular flexibility index (Phi) is 6.19. The monoisotopic (exact) mass is 306 g/mol. The van der Waals surface area contributed by atoms with Gasteiger partial charge < -0.3 is 15.0 Å². The standard InChI is InChI=1S/C12H26N4O3S/c1-2-15-4-6-16(7-5-15)20(17,18)14-10-12-9-13-3-8-19-11-12/h12-14H,2-11H2,1H3. The van der Waals surface area contributed by atoms with Gasteiger partial charge in [0.1, 0.15) is 0 Å². The largest absolute Gasteiger partial charge is 0.380 e. The number of ether oxygens (including phenoxy) is 1. The Morgan fingerprint density at radius 1 is 1.30 bits per heavy atom. The lowest BCUT2D eigenvalue weighted by Crippen LogP contribution is -2.52. The fourth-order valence-corrected chi connectivity index (χ4v) is 3.76. The van der Waals surface area contributed by atoms with Gasteiger partial charge in [0.05, 0.1) is 13.2 Å². The van der Waals surface area contributed by atoms with Crippen molar-refractivity contribution in [1.82, 2.24) is 19.2 Å². The molecule has 0 aromatic heterocycles. The highest BCUT2D eigenvalue weighted by molar-refractivity contribution is 7.87. The number of piperazine rings is 1. The number of rotatable bonds is 5. The lowest BCUT2D eigenvalue weighted by Gasteiger charge is -2.33. The van der Waals surface area contributed by atoms with Crippen molar-refractivity contribution in [3.05, 3.63) is 0 Å². The maximum Gasteiger partial charge on any atom is 0.279 e. The minimum absolute atomic E-state index is 0.198. The topological polar surface area (TPSA) is 73.9 Å². The first-order valence-corrected chi connectivity index (χ1v) is 8.81. The molecule has 2 heterocycles. The van der Waals surface area contributed by atoms with E-state index in [0.29, 0.717) is 32.8 Å². The van der Waals surface area contributed by atoms with Gasteiger partial charge in [-0.05, 0) is 6.54 Å². The molecule has 2 aliphatic heterocycles. The van der Waals surface area contributed by atoms with E-state index in [1.807, 2.05) is 0 Å². The number of hydrogen-bond acceptors (Lipinski definition) is 5. The van der Waals surface area contributed by atoms with E-state index in [2.05, 4.69) is 21.9 Å². The van der Waals surface area contributed by atoms with Crippen LogP contribution in [0.1, 0.15) is 6.92 Å². The third-order valence-electron chi connectivity index (χ3n) is 3.88. The molecule has 118 valence electrons. The van der Waals surface area contributed by atoms with Gasteiger partial charge in [0.2, 0.25) is 0 Å². The molecule has 2 rings (SSSR count). The minimum atomic E-state index is -3.35. The maximum atomic E-state index is 12.2. The van der Waals surface area contributed by atoms with Gasteiger partial charge >= 0.3 is 0 Å². The number of nitrogens with one attached hydrogen (secondary N) is 2. The summed E-state index contributed by atoms with van der Waals surface area (Å²) in [6.07, 6.45) is 0. The highest BCUT2D eigenvalue weighted by atomic mass is 32.2. The summed E-state index contributed by atoms with van der Waals surface area (Å²) in [7, 11) is -3.35. The van der Waals surface area contributed by atoms with Gasteiger partial charge in [-0.1, -0.05) is 6.92 Å². The predicted molar refractivity (Wildman–Crippen MR) is 77.8 cm³/mol. The molecular weight excluding hydrogens is 280 g/mol. The first-order chi connectivity index (χ1) is 9.62. The van der Waals surface area contributed by atoms with E-state index in [1.54, 1.807) is 4.31 Å². The molecule has 0 bridgehead atoms. The van der Waals surface area contributed by atoms with Crippen molar-refractivity contribution in [2.75, 3.05) is 65.6 Å². The average Bonchev–Trinajstić information content (AvgIpc) is 2.74. The van der Waals surface area contributed by atoms with Gasteiger partial charge in [-0.3, -0.25) is 0 Å². The van der Waals surface area contributed by atoms with Gasteiger partial charge in [-0.25, -0.2) is 4.72 Å². The SMILES string of the molecule is CCN1CCN(S(=O)(=O)NCC2CNCCOC2)CC1. The molecule has 2 aliphatic rings. The molecule has 2 N–H and O–H groups in total. The fourth-order valence-electron chi connectivity index (χ4n) is 2.49. The molecule has 0 aliphatic carbocycles. The first kappa shape index (κ1) is 16.1. The average molecular weight is 306 g/mol. The molecule has 0 radical (unpaired) electrons. The Bertz CT molecular complexity index is 374. The van der Waals surface area contributed by atoms with Crippen molar-refractivity contribution in [3.8, 4) is 0 Å². The van der Waals surface area contributed by atoms with Gasteiger partial charge in [-0.15, -0.1) is 0 Å². The molecule has 2 fully saturated rings. The van der Waals surface area contributed by atoms with Gasteiger partial charge in [0.15, 0.2) is 0 Å². The second kappa shape index (κ2) is 7.67. The van der Waals surface area contributed by atoms with E-state index in [4.69, 9.17) is 4.74 Å². The minimum Gasteiger partial charge on any atom is -0.380 e. The lowest BCUT2D eigenvalue weighted by molar-refractivity contribution is 0.124. The van der Waals surface area contributed by atoms with Crippen LogP contribution in [0.15, 0.2) is 0 Å². The quantitative estimate of drug-likeness (QED) is 0.660. The third kappa shape index (κ3) is 4.64. The van der Waals surface area contributed by atoms with Crippen molar-refractivity contribution in [2.24, 2.45) is 5.92 Å². The molecule has 0 saturated carbocycles. The first-order valence-electron chi connectivity index (χ1n) is 7.37. The molecule has 20 heavy (non-hydrogen) atoms. The number of hydrogen-bond donors (Lipinski definition) is 2.